The van der Waals surface area contributed by atoms with Crippen molar-refractivity contribution < 1.29 is 19.1 Å². The van der Waals surface area contributed by atoms with Crippen molar-refractivity contribution in [2.45, 2.75) is 26.3 Å². The summed E-state index contributed by atoms with van der Waals surface area (Å²) >= 11 is 0. The number of hydrogen-bond acceptors (Lipinski definition) is 6. The van der Waals surface area contributed by atoms with Crippen molar-refractivity contribution in [1.29, 1.82) is 0 Å². The Morgan fingerprint density at radius 2 is 1.79 bits per heavy atom. The van der Waals surface area contributed by atoms with Gasteiger partial charge in [0, 0.05) is 18.3 Å². The van der Waals surface area contributed by atoms with E-state index in [4.69, 9.17) is 9.52 Å². The molecule has 2 heterocycles. The predicted molar refractivity (Wildman–Crippen MR) is 129 cm³/mol. The molecule has 0 radical (unpaired) electrons. The van der Waals surface area contributed by atoms with Crippen molar-refractivity contribution >= 4 is 28.8 Å². The van der Waals surface area contributed by atoms with Gasteiger partial charge in [0.1, 0.15) is 11.3 Å². The van der Waals surface area contributed by atoms with Crippen molar-refractivity contribution in [3.05, 3.63) is 78.0 Å². The Hall–Kier alpha value is -4.20. The third kappa shape index (κ3) is 5.40. The largest absolute Gasteiger partial charge is 0.481 e. The molecular formula is C26H26N4O4. The van der Waals surface area contributed by atoms with Crippen LogP contribution in [0.4, 0.5) is 5.82 Å². The molecule has 0 aliphatic heterocycles. The van der Waals surface area contributed by atoms with Gasteiger partial charge in [-0.2, -0.15) is 0 Å². The van der Waals surface area contributed by atoms with Crippen molar-refractivity contribution in [1.82, 2.24) is 15.3 Å². The molecule has 0 fully saturated rings. The van der Waals surface area contributed by atoms with Gasteiger partial charge in [0.2, 0.25) is 5.89 Å². The van der Waals surface area contributed by atoms with E-state index in [-0.39, 0.29) is 30.8 Å². The first kappa shape index (κ1) is 23.0. The molecule has 2 aromatic carbocycles. The fraction of sp³-hybridized carbons (Fsp3) is 0.231. The molecule has 1 unspecified atom stereocenters. The van der Waals surface area contributed by atoms with Crippen molar-refractivity contribution in [3.63, 3.8) is 0 Å². The average Bonchev–Trinajstić information content (AvgIpc) is 3.27. The molecule has 0 saturated carbocycles. The second-order valence-electron chi connectivity index (χ2n) is 8.31. The van der Waals surface area contributed by atoms with Gasteiger partial charge in [0.05, 0.1) is 18.0 Å². The van der Waals surface area contributed by atoms with Crippen LogP contribution in [0.1, 0.15) is 42.2 Å². The Labute approximate surface area is 197 Å². The normalized spacial score (nSPS) is 12.0. The smallest absolute Gasteiger partial charge is 0.305 e. The van der Waals surface area contributed by atoms with Crippen molar-refractivity contribution in [2.75, 3.05) is 11.9 Å². The summed E-state index contributed by atoms with van der Waals surface area (Å²) in [5, 5.41) is 14.7. The number of fused-ring (bicyclic) bond motifs is 1. The van der Waals surface area contributed by atoms with Gasteiger partial charge in [-0.3, -0.25) is 9.59 Å². The molecule has 4 aromatic rings. The van der Waals surface area contributed by atoms with Crippen LogP contribution in [-0.2, 0) is 4.79 Å². The van der Waals surface area contributed by atoms with Gasteiger partial charge in [-0.1, -0.05) is 38.1 Å². The molecule has 4 rings (SSSR count). The number of nitrogens with zero attached hydrogens (tertiary/aromatic N) is 2. The van der Waals surface area contributed by atoms with Crippen molar-refractivity contribution in [3.8, 4) is 11.5 Å². The molecule has 1 atom stereocenters. The summed E-state index contributed by atoms with van der Waals surface area (Å²) in [5.74, 6) is 0.190. The number of carboxylic acids is 1. The maximum atomic E-state index is 12.1. The fourth-order valence-corrected chi connectivity index (χ4v) is 3.62. The first-order valence-corrected chi connectivity index (χ1v) is 11.1. The van der Waals surface area contributed by atoms with Crippen LogP contribution in [0.5, 0.6) is 0 Å². The zero-order valence-corrected chi connectivity index (χ0v) is 19.0. The molecule has 3 N–H and O–H groups in total. The van der Waals surface area contributed by atoms with Crippen LogP contribution in [0.15, 0.2) is 71.3 Å². The van der Waals surface area contributed by atoms with Crippen LogP contribution >= 0.6 is 0 Å². The van der Waals surface area contributed by atoms with Gasteiger partial charge in [-0.05, 0) is 47.9 Å². The number of rotatable bonds is 9. The van der Waals surface area contributed by atoms with E-state index in [0.29, 0.717) is 17.3 Å². The molecule has 8 heteroatoms. The minimum atomic E-state index is -0.959. The maximum Gasteiger partial charge on any atom is 0.305 e. The Kier molecular flexibility index (Phi) is 6.87. The Morgan fingerprint density at radius 1 is 1.03 bits per heavy atom. The van der Waals surface area contributed by atoms with Crippen LogP contribution < -0.4 is 10.6 Å². The number of pyridine rings is 1. The highest BCUT2D eigenvalue weighted by atomic mass is 16.4. The zero-order valence-electron chi connectivity index (χ0n) is 19.0. The number of anilines is 1. The van der Waals surface area contributed by atoms with Crippen LogP contribution in [0.25, 0.3) is 22.6 Å². The number of carbonyl (C=O) groups is 2. The molecule has 2 aromatic heterocycles. The number of aromatic nitrogens is 2. The van der Waals surface area contributed by atoms with Gasteiger partial charge in [0.25, 0.3) is 5.91 Å². The molecule has 0 saturated heterocycles. The van der Waals surface area contributed by atoms with E-state index in [1.807, 2.05) is 48.5 Å². The fourth-order valence-electron chi connectivity index (χ4n) is 3.62. The maximum absolute atomic E-state index is 12.1. The lowest BCUT2D eigenvalue weighted by Crippen LogP contribution is -2.26. The number of para-hydroxylation sites is 2. The van der Waals surface area contributed by atoms with Gasteiger partial charge in [0.15, 0.2) is 5.58 Å². The highest BCUT2D eigenvalue weighted by Crippen LogP contribution is 2.29. The number of carboxylic acid groups (broad SMARTS) is 1. The molecule has 0 aliphatic rings. The topological polar surface area (TPSA) is 117 Å². The lowest BCUT2D eigenvalue weighted by molar-refractivity contribution is -0.136. The number of benzene rings is 2. The van der Waals surface area contributed by atoms with E-state index >= 15 is 0 Å². The second kappa shape index (κ2) is 10.2. The van der Waals surface area contributed by atoms with Gasteiger partial charge in [-0.25, -0.2) is 9.97 Å². The molecule has 174 valence electrons. The summed E-state index contributed by atoms with van der Waals surface area (Å²) < 4.78 is 5.87. The van der Waals surface area contributed by atoms with Gasteiger partial charge in [-0.15, -0.1) is 0 Å². The minimum absolute atomic E-state index is 0.000394. The molecule has 34 heavy (non-hydrogen) atoms. The Balaban J connectivity index is 1.45. The Morgan fingerprint density at radius 3 is 2.44 bits per heavy atom. The van der Waals surface area contributed by atoms with Gasteiger partial charge < -0.3 is 20.2 Å². The van der Waals surface area contributed by atoms with Crippen LogP contribution in [-0.4, -0.2) is 33.5 Å². The summed E-state index contributed by atoms with van der Waals surface area (Å²) in [4.78, 5) is 31.6. The van der Waals surface area contributed by atoms with E-state index in [9.17, 15) is 9.59 Å². The highest BCUT2D eigenvalue weighted by Gasteiger charge is 2.17. The molecule has 1 amide bonds. The second-order valence-corrected chi connectivity index (χ2v) is 8.31. The third-order valence-electron chi connectivity index (χ3n) is 5.43. The zero-order chi connectivity index (χ0) is 24.1. The SMILES string of the molecule is CC(C)C(Nc1ccc(C(=O)NCCC(=O)O)cn1)c1ccc(-c2nc3ccccc3o2)cc1. The van der Waals surface area contributed by atoms with E-state index in [0.717, 1.165) is 22.2 Å². The standard InChI is InChI=1S/C26H26N4O4/c1-16(2)24(30-22-12-11-19(15-28-22)25(33)27-14-13-23(31)32)17-7-9-18(10-8-17)26-29-20-5-3-4-6-21(20)34-26/h3-12,15-16,24H,13-14H2,1-2H3,(H,27,33)(H,28,30)(H,31,32). The summed E-state index contributed by atoms with van der Waals surface area (Å²) in [6.45, 7) is 4.32. The minimum Gasteiger partial charge on any atom is -0.481 e. The number of oxazole rings is 1. The lowest BCUT2D eigenvalue weighted by atomic mass is 9.95. The van der Waals surface area contributed by atoms with Crippen LogP contribution in [0.3, 0.4) is 0 Å². The van der Waals surface area contributed by atoms with Crippen molar-refractivity contribution in [2.24, 2.45) is 5.92 Å². The van der Waals surface area contributed by atoms with Gasteiger partial charge >= 0.3 is 5.97 Å². The number of amides is 1. The highest BCUT2D eigenvalue weighted by molar-refractivity contribution is 5.94. The first-order chi connectivity index (χ1) is 16.4. The number of hydrogen-bond donors (Lipinski definition) is 3. The van der Waals surface area contributed by atoms with Crippen LogP contribution in [0, 0.1) is 5.92 Å². The lowest BCUT2D eigenvalue weighted by Gasteiger charge is -2.23. The van der Waals surface area contributed by atoms with Crippen LogP contribution in [0.2, 0.25) is 0 Å². The molecular weight excluding hydrogens is 432 g/mol. The van der Waals surface area contributed by atoms with E-state index < -0.39 is 5.97 Å². The molecule has 0 bridgehead atoms. The monoisotopic (exact) mass is 458 g/mol. The van der Waals surface area contributed by atoms with E-state index in [2.05, 4.69) is 34.4 Å². The molecule has 0 aliphatic carbocycles. The summed E-state index contributed by atoms with van der Waals surface area (Å²) in [6.07, 6.45) is 1.35. The quantitative estimate of drug-likeness (QED) is 0.326. The summed E-state index contributed by atoms with van der Waals surface area (Å²) in [7, 11) is 0. The summed E-state index contributed by atoms with van der Waals surface area (Å²) in [5.41, 5.74) is 3.95. The molecule has 8 nitrogen and oxygen atoms in total. The molecule has 0 spiro atoms. The number of nitrogens with one attached hydrogen (secondary N) is 2. The number of aliphatic carboxylic acids is 1. The first-order valence-electron chi connectivity index (χ1n) is 11.1. The Bertz CT molecular complexity index is 1250. The predicted octanol–water partition coefficient (Wildman–Crippen LogP) is 4.90. The van der Waals surface area contributed by atoms with E-state index in [1.165, 1.54) is 6.20 Å². The van der Waals surface area contributed by atoms with E-state index in [1.54, 1.807) is 12.1 Å². The average molecular weight is 459 g/mol. The third-order valence-corrected chi connectivity index (χ3v) is 5.43. The number of carbonyl (C=O) groups excluding carboxylic acids is 1. The summed E-state index contributed by atoms with van der Waals surface area (Å²) in [6, 6.07) is 19.2.